The van der Waals surface area contributed by atoms with Gasteiger partial charge in [0, 0.05) is 18.5 Å². The highest BCUT2D eigenvalue weighted by atomic mass is 32.1. The summed E-state index contributed by atoms with van der Waals surface area (Å²) < 4.78 is 10.9. The second-order valence-electron chi connectivity index (χ2n) is 5.51. The van der Waals surface area contributed by atoms with Crippen LogP contribution in [0, 0.1) is 0 Å². The molecule has 6 nitrogen and oxygen atoms in total. The number of methoxy groups -OCH3 is 1. The molecule has 1 N–H and O–H groups in total. The van der Waals surface area contributed by atoms with E-state index in [1.54, 1.807) is 35.6 Å². The van der Waals surface area contributed by atoms with Gasteiger partial charge in [0.2, 0.25) is 5.91 Å². The number of rotatable bonds is 7. The number of esters is 1. The molecule has 0 saturated heterocycles. The van der Waals surface area contributed by atoms with Gasteiger partial charge in [-0.3, -0.25) is 4.79 Å². The minimum Gasteiger partial charge on any atom is -0.482 e. The maximum Gasteiger partial charge on any atom is 0.343 e. The first-order chi connectivity index (χ1) is 12.6. The van der Waals surface area contributed by atoms with Crippen LogP contribution in [0.2, 0.25) is 0 Å². The smallest absolute Gasteiger partial charge is 0.343 e. The van der Waals surface area contributed by atoms with E-state index in [1.165, 1.54) is 7.11 Å². The summed E-state index contributed by atoms with van der Waals surface area (Å²) in [6, 6.07) is 14.8. The summed E-state index contributed by atoms with van der Waals surface area (Å²) >= 11 is 1.61. The number of aryl methyl sites for hydroxylation is 1. The number of ether oxygens (including phenoxy) is 2. The number of hydrogen-bond donors (Lipinski definition) is 1. The fraction of sp³-hybridized carbons (Fsp3) is 0.211. The Morgan fingerprint density at radius 2 is 1.88 bits per heavy atom. The largest absolute Gasteiger partial charge is 0.482 e. The number of amides is 1. The van der Waals surface area contributed by atoms with Crippen LogP contribution in [-0.4, -0.2) is 30.6 Å². The van der Waals surface area contributed by atoms with Crippen LogP contribution in [0.1, 0.15) is 11.4 Å². The zero-order valence-corrected chi connectivity index (χ0v) is 15.0. The molecular formula is C19H18N2O4S. The topological polar surface area (TPSA) is 77.5 Å². The molecule has 3 rings (SSSR count). The average Bonchev–Trinajstić information content (AvgIpc) is 3.08. The summed E-state index contributed by atoms with van der Waals surface area (Å²) in [5.41, 5.74) is 1.64. The molecule has 7 heteroatoms. The molecule has 1 heterocycles. The van der Waals surface area contributed by atoms with Gasteiger partial charge in [0.05, 0.1) is 22.3 Å². The molecule has 1 amide bonds. The number of nitrogens with one attached hydrogen (secondary N) is 1. The van der Waals surface area contributed by atoms with E-state index >= 15 is 0 Å². The molecule has 0 aliphatic rings. The Morgan fingerprint density at radius 1 is 1.12 bits per heavy atom. The second kappa shape index (κ2) is 8.44. The van der Waals surface area contributed by atoms with Crippen LogP contribution in [0.25, 0.3) is 10.2 Å². The number of carbonyl (C=O) groups is 2. The van der Waals surface area contributed by atoms with E-state index in [-0.39, 0.29) is 12.5 Å². The lowest BCUT2D eigenvalue weighted by Crippen LogP contribution is -2.13. The van der Waals surface area contributed by atoms with E-state index in [1.807, 2.05) is 24.3 Å². The normalized spacial score (nSPS) is 10.5. The third-order valence-electron chi connectivity index (χ3n) is 3.63. The van der Waals surface area contributed by atoms with Gasteiger partial charge in [0.1, 0.15) is 5.75 Å². The number of para-hydroxylation sites is 1. The third-order valence-corrected chi connectivity index (χ3v) is 4.72. The van der Waals surface area contributed by atoms with Crippen LogP contribution in [0.4, 0.5) is 5.69 Å². The molecule has 1 aromatic heterocycles. The molecular weight excluding hydrogens is 352 g/mol. The Hall–Kier alpha value is -2.93. The van der Waals surface area contributed by atoms with Crippen LogP contribution in [0.15, 0.2) is 48.5 Å². The molecule has 0 aliphatic heterocycles. The Balaban J connectivity index is 1.49. The fourth-order valence-corrected chi connectivity index (χ4v) is 3.27. The Labute approximate surface area is 154 Å². The molecule has 0 radical (unpaired) electrons. The summed E-state index contributed by atoms with van der Waals surface area (Å²) in [4.78, 5) is 27.7. The maximum atomic E-state index is 12.1. The van der Waals surface area contributed by atoms with Crippen molar-refractivity contribution in [1.29, 1.82) is 0 Å². The van der Waals surface area contributed by atoms with Gasteiger partial charge in [0.25, 0.3) is 0 Å². The van der Waals surface area contributed by atoms with Crippen molar-refractivity contribution >= 4 is 39.1 Å². The van der Waals surface area contributed by atoms with Crippen LogP contribution < -0.4 is 10.1 Å². The third kappa shape index (κ3) is 4.80. The minimum atomic E-state index is -0.447. The number of benzene rings is 2. The highest BCUT2D eigenvalue weighted by molar-refractivity contribution is 7.18. The number of aromatic nitrogens is 1. The summed E-state index contributed by atoms with van der Waals surface area (Å²) in [6.45, 7) is -0.148. The zero-order valence-electron chi connectivity index (χ0n) is 14.2. The Bertz CT molecular complexity index is 872. The monoisotopic (exact) mass is 370 g/mol. The van der Waals surface area contributed by atoms with Crippen molar-refractivity contribution in [2.24, 2.45) is 0 Å². The lowest BCUT2D eigenvalue weighted by molar-refractivity contribution is -0.142. The fourth-order valence-electron chi connectivity index (χ4n) is 2.31. The quantitative estimate of drug-likeness (QED) is 0.645. The van der Waals surface area contributed by atoms with Gasteiger partial charge < -0.3 is 14.8 Å². The summed E-state index contributed by atoms with van der Waals surface area (Å²) in [6.07, 6.45) is 0.964. The van der Waals surface area contributed by atoms with E-state index < -0.39 is 5.97 Å². The van der Waals surface area contributed by atoms with Gasteiger partial charge in [-0.05, 0) is 36.4 Å². The van der Waals surface area contributed by atoms with E-state index in [0.29, 0.717) is 24.3 Å². The van der Waals surface area contributed by atoms with Crippen LogP contribution >= 0.6 is 11.3 Å². The van der Waals surface area contributed by atoms with Gasteiger partial charge in [-0.15, -0.1) is 11.3 Å². The number of nitrogens with zero attached hydrogens (tertiary/aromatic N) is 1. The van der Waals surface area contributed by atoms with Crippen LogP contribution in [-0.2, 0) is 20.7 Å². The van der Waals surface area contributed by atoms with Gasteiger partial charge in [-0.1, -0.05) is 12.1 Å². The van der Waals surface area contributed by atoms with Gasteiger partial charge >= 0.3 is 5.97 Å². The lowest BCUT2D eigenvalue weighted by atomic mass is 10.2. The van der Waals surface area contributed by atoms with Crippen LogP contribution in [0.3, 0.4) is 0 Å². The molecule has 0 spiro atoms. The first-order valence-electron chi connectivity index (χ1n) is 8.08. The molecule has 0 atom stereocenters. The first-order valence-corrected chi connectivity index (χ1v) is 8.89. The summed E-state index contributed by atoms with van der Waals surface area (Å²) in [5, 5.41) is 3.79. The second-order valence-corrected chi connectivity index (χ2v) is 6.63. The standard InChI is InChI=1S/C19H18N2O4S/c1-24-19(23)12-25-14-8-6-13(7-9-14)20-17(22)10-11-18-21-15-4-2-3-5-16(15)26-18/h2-9H,10-12H2,1H3,(H,20,22). The predicted octanol–water partition coefficient (Wildman–Crippen LogP) is 3.42. The summed E-state index contributed by atoms with van der Waals surface area (Å²) in [7, 11) is 1.30. The van der Waals surface area contributed by atoms with Gasteiger partial charge in [-0.25, -0.2) is 9.78 Å². The molecule has 26 heavy (non-hydrogen) atoms. The molecule has 0 unspecified atom stereocenters. The molecule has 0 aliphatic carbocycles. The van der Waals surface area contributed by atoms with E-state index in [9.17, 15) is 9.59 Å². The maximum absolute atomic E-state index is 12.1. The molecule has 0 fully saturated rings. The predicted molar refractivity (Wildman–Crippen MR) is 101 cm³/mol. The van der Waals surface area contributed by atoms with E-state index in [2.05, 4.69) is 15.0 Å². The molecule has 0 bridgehead atoms. The number of anilines is 1. The van der Waals surface area contributed by atoms with Gasteiger partial charge in [0.15, 0.2) is 6.61 Å². The van der Waals surface area contributed by atoms with Crippen molar-refractivity contribution in [2.75, 3.05) is 19.0 Å². The average molecular weight is 370 g/mol. The van der Waals surface area contributed by atoms with Crippen molar-refractivity contribution in [3.05, 3.63) is 53.5 Å². The van der Waals surface area contributed by atoms with Gasteiger partial charge in [-0.2, -0.15) is 0 Å². The van der Waals surface area contributed by atoms with E-state index in [4.69, 9.17) is 4.74 Å². The lowest BCUT2D eigenvalue weighted by Gasteiger charge is -2.07. The SMILES string of the molecule is COC(=O)COc1ccc(NC(=O)CCc2nc3ccccc3s2)cc1. The van der Waals surface area contributed by atoms with Crippen molar-refractivity contribution in [3.8, 4) is 5.75 Å². The van der Waals surface area contributed by atoms with Crippen molar-refractivity contribution in [2.45, 2.75) is 12.8 Å². The first kappa shape index (κ1) is 17.9. The molecule has 3 aromatic rings. The number of carbonyl (C=O) groups excluding carboxylic acids is 2. The Kier molecular flexibility index (Phi) is 5.80. The molecule has 2 aromatic carbocycles. The van der Waals surface area contributed by atoms with Crippen molar-refractivity contribution in [3.63, 3.8) is 0 Å². The number of hydrogen-bond acceptors (Lipinski definition) is 6. The number of fused-ring (bicyclic) bond motifs is 1. The summed E-state index contributed by atoms with van der Waals surface area (Å²) in [5.74, 6) is 0.00702. The molecule has 0 saturated carbocycles. The highest BCUT2D eigenvalue weighted by Crippen LogP contribution is 2.22. The molecule has 134 valence electrons. The minimum absolute atomic E-state index is 0.0764. The van der Waals surface area contributed by atoms with E-state index in [0.717, 1.165) is 15.2 Å². The zero-order chi connectivity index (χ0) is 18.4. The highest BCUT2D eigenvalue weighted by Gasteiger charge is 2.08. The number of thiazole rings is 1. The Morgan fingerprint density at radius 3 is 2.62 bits per heavy atom. The van der Waals surface area contributed by atoms with Crippen molar-refractivity contribution < 1.29 is 19.1 Å². The van der Waals surface area contributed by atoms with Crippen molar-refractivity contribution in [1.82, 2.24) is 4.98 Å². The van der Waals surface area contributed by atoms with Crippen LogP contribution in [0.5, 0.6) is 5.75 Å².